The van der Waals surface area contributed by atoms with Gasteiger partial charge in [-0.3, -0.25) is 0 Å². The predicted molar refractivity (Wildman–Crippen MR) is 74.5 cm³/mol. The van der Waals surface area contributed by atoms with Crippen LogP contribution in [0, 0.1) is 4.77 Å². The Labute approximate surface area is 106 Å². The third-order valence-corrected chi connectivity index (χ3v) is 3.28. The number of imidazole rings is 1. The highest BCUT2D eigenvalue weighted by Gasteiger charge is 2.06. The Morgan fingerprint density at radius 2 is 1.53 bits per heavy atom. The number of H-pyrrole nitrogens is 2. The molecule has 1 heterocycles. The number of hydrogen-bond acceptors (Lipinski definition) is 2. The maximum absolute atomic E-state index is 5.63. The summed E-state index contributed by atoms with van der Waals surface area (Å²) >= 11 is 4.90. The second-order valence-electron chi connectivity index (χ2n) is 4.52. The molecule has 0 unspecified atom stereocenters. The lowest BCUT2D eigenvalue weighted by Crippen LogP contribution is -2.22. The number of rotatable bonds is 0. The summed E-state index contributed by atoms with van der Waals surface area (Å²) in [5.41, 5.74) is 7.76. The monoisotopic (exact) mass is 249 g/mol. The van der Waals surface area contributed by atoms with E-state index in [0.29, 0.717) is 10.8 Å². The minimum atomic E-state index is 0.536. The van der Waals surface area contributed by atoms with Crippen molar-refractivity contribution in [3.8, 4) is 0 Å². The van der Waals surface area contributed by atoms with E-state index in [0.717, 1.165) is 11.0 Å². The van der Waals surface area contributed by atoms with Gasteiger partial charge in [-0.15, -0.1) is 0 Å². The van der Waals surface area contributed by atoms with Gasteiger partial charge in [0.25, 0.3) is 0 Å². The zero-order valence-corrected chi connectivity index (χ0v) is 10.7. The van der Waals surface area contributed by atoms with Crippen LogP contribution in [0.5, 0.6) is 0 Å². The van der Waals surface area contributed by atoms with Crippen molar-refractivity contribution < 1.29 is 0 Å². The summed E-state index contributed by atoms with van der Waals surface area (Å²) in [6.45, 7) is 0. The van der Waals surface area contributed by atoms with Gasteiger partial charge in [-0.25, -0.2) is 0 Å². The van der Waals surface area contributed by atoms with Crippen LogP contribution >= 0.6 is 12.2 Å². The smallest absolute Gasteiger partial charge is 0.175 e. The fourth-order valence-corrected chi connectivity index (χ4v) is 2.33. The first-order valence-electron chi connectivity index (χ1n) is 6.18. The first kappa shape index (κ1) is 12.3. The number of aromatic nitrogens is 2. The van der Waals surface area contributed by atoms with Gasteiger partial charge < -0.3 is 15.7 Å². The Kier molecular flexibility index (Phi) is 4.34. The van der Waals surface area contributed by atoms with Crippen molar-refractivity contribution in [3.05, 3.63) is 29.0 Å². The molecule has 0 atom stereocenters. The number of benzene rings is 1. The Hall–Kier alpha value is -1.13. The molecule has 0 aliphatic heterocycles. The molecule has 4 heteroatoms. The highest BCUT2D eigenvalue weighted by molar-refractivity contribution is 7.71. The van der Waals surface area contributed by atoms with E-state index >= 15 is 0 Å². The van der Waals surface area contributed by atoms with E-state index in [-0.39, 0.29) is 0 Å². The lowest BCUT2D eigenvalue weighted by Gasteiger charge is -2.15. The molecule has 0 amide bonds. The number of nitrogens with two attached hydrogens (primary N) is 1. The quantitative estimate of drug-likeness (QED) is 0.626. The number of para-hydroxylation sites is 2. The molecule has 0 radical (unpaired) electrons. The summed E-state index contributed by atoms with van der Waals surface area (Å²) < 4.78 is 0.682. The fourth-order valence-electron chi connectivity index (χ4n) is 2.11. The van der Waals surface area contributed by atoms with Crippen molar-refractivity contribution in [1.82, 2.24) is 9.97 Å². The molecule has 1 fully saturated rings. The van der Waals surface area contributed by atoms with Crippen molar-refractivity contribution >= 4 is 23.3 Å². The zero-order valence-electron chi connectivity index (χ0n) is 9.91. The second-order valence-corrected chi connectivity index (χ2v) is 4.93. The summed E-state index contributed by atoms with van der Waals surface area (Å²) in [5, 5.41) is 0. The van der Waals surface area contributed by atoms with Crippen LogP contribution in [0.2, 0.25) is 0 Å². The first-order chi connectivity index (χ1) is 8.25. The maximum atomic E-state index is 5.63. The van der Waals surface area contributed by atoms with Gasteiger partial charge in [-0.1, -0.05) is 31.4 Å². The maximum Gasteiger partial charge on any atom is 0.175 e. The summed E-state index contributed by atoms with van der Waals surface area (Å²) in [6.07, 6.45) is 6.66. The van der Waals surface area contributed by atoms with Gasteiger partial charge in [0, 0.05) is 6.04 Å². The fraction of sp³-hybridized carbons (Fsp3) is 0.462. The molecule has 1 saturated carbocycles. The number of fused-ring (bicyclic) bond motifs is 1. The largest absolute Gasteiger partial charge is 0.331 e. The molecule has 1 aromatic heterocycles. The first-order valence-corrected chi connectivity index (χ1v) is 6.59. The molecular weight excluding hydrogens is 230 g/mol. The third-order valence-electron chi connectivity index (χ3n) is 3.07. The van der Waals surface area contributed by atoms with Crippen LogP contribution in [-0.2, 0) is 0 Å². The summed E-state index contributed by atoms with van der Waals surface area (Å²) in [5.74, 6) is 0. The number of hydrogen-bond donors (Lipinski definition) is 3. The molecule has 92 valence electrons. The van der Waals surface area contributed by atoms with Crippen molar-refractivity contribution in [3.63, 3.8) is 0 Å². The molecule has 0 bridgehead atoms. The van der Waals surface area contributed by atoms with Gasteiger partial charge in [0.05, 0.1) is 11.0 Å². The van der Waals surface area contributed by atoms with Crippen LogP contribution in [0.3, 0.4) is 0 Å². The molecule has 2 aromatic rings. The highest BCUT2D eigenvalue weighted by atomic mass is 32.1. The summed E-state index contributed by atoms with van der Waals surface area (Å²) in [7, 11) is 0. The van der Waals surface area contributed by atoms with Gasteiger partial charge in [0.1, 0.15) is 0 Å². The van der Waals surface area contributed by atoms with Gasteiger partial charge >= 0.3 is 0 Å². The molecule has 3 rings (SSSR count). The van der Waals surface area contributed by atoms with Gasteiger partial charge in [-0.2, -0.15) is 0 Å². The zero-order chi connectivity index (χ0) is 12.1. The van der Waals surface area contributed by atoms with Crippen LogP contribution < -0.4 is 5.73 Å². The van der Waals surface area contributed by atoms with E-state index in [9.17, 15) is 0 Å². The van der Waals surface area contributed by atoms with E-state index < -0.39 is 0 Å². The molecule has 4 N–H and O–H groups in total. The Morgan fingerprint density at radius 1 is 1.00 bits per heavy atom. The molecule has 1 aromatic carbocycles. The van der Waals surface area contributed by atoms with E-state index in [4.69, 9.17) is 18.0 Å². The topological polar surface area (TPSA) is 57.6 Å². The third kappa shape index (κ3) is 3.68. The van der Waals surface area contributed by atoms with Crippen molar-refractivity contribution in [2.24, 2.45) is 5.73 Å². The second kappa shape index (κ2) is 5.98. The average molecular weight is 249 g/mol. The SMILES string of the molecule is NC1CCCCC1.S=c1[nH]c2ccccc2[nH]1. The minimum Gasteiger partial charge on any atom is -0.331 e. The van der Waals surface area contributed by atoms with Crippen LogP contribution in [0.4, 0.5) is 0 Å². The number of nitrogens with one attached hydrogen (secondary N) is 2. The molecule has 3 nitrogen and oxygen atoms in total. The molecule has 17 heavy (non-hydrogen) atoms. The van der Waals surface area contributed by atoms with Crippen molar-refractivity contribution in [2.45, 2.75) is 38.1 Å². The summed E-state index contributed by atoms with van der Waals surface area (Å²) in [4.78, 5) is 6.04. The minimum absolute atomic E-state index is 0.536. The standard InChI is InChI=1S/C7H6N2S.C6H13N/c10-7-8-5-3-1-2-4-6(5)9-7;7-6-4-2-1-3-5-6/h1-4H,(H2,8,9,10);6H,1-5,7H2. The number of aromatic amines is 2. The molecular formula is C13H19N3S. The molecule has 1 aliphatic rings. The van der Waals surface area contributed by atoms with Gasteiger partial charge in [-0.05, 0) is 37.2 Å². The van der Waals surface area contributed by atoms with E-state index in [1.165, 1.54) is 32.1 Å². The Bertz CT molecular complexity index is 472. The van der Waals surface area contributed by atoms with Crippen molar-refractivity contribution in [1.29, 1.82) is 0 Å². The summed E-state index contributed by atoms with van der Waals surface area (Å²) in [6, 6.07) is 8.46. The Balaban J connectivity index is 0.000000136. The van der Waals surface area contributed by atoms with E-state index in [1.54, 1.807) is 0 Å². The van der Waals surface area contributed by atoms with Crippen LogP contribution in [0.25, 0.3) is 11.0 Å². The predicted octanol–water partition coefficient (Wildman–Crippen LogP) is 3.50. The Morgan fingerprint density at radius 3 is 1.94 bits per heavy atom. The van der Waals surface area contributed by atoms with E-state index in [2.05, 4.69) is 9.97 Å². The van der Waals surface area contributed by atoms with Gasteiger partial charge in [0.2, 0.25) is 0 Å². The van der Waals surface area contributed by atoms with E-state index in [1.807, 2.05) is 24.3 Å². The molecule has 0 saturated heterocycles. The highest BCUT2D eigenvalue weighted by Crippen LogP contribution is 2.14. The van der Waals surface area contributed by atoms with Crippen LogP contribution in [0.1, 0.15) is 32.1 Å². The lowest BCUT2D eigenvalue weighted by molar-refractivity contribution is 0.441. The lowest BCUT2D eigenvalue weighted by atomic mass is 9.97. The van der Waals surface area contributed by atoms with Crippen LogP contribution in [0.15, 0.2) is 24.3 Å². The van der Waals surface area contributed by atoms with Crippen molar-refractivity contribution in [2.75, 3.05) is 0 Å². The van der Waals surface area contributed by atoms with Gasteiger partial charge in [0.15, 0.2) is 4.77 Å². The van der Waals surface area contributed by atoms with Crippen LogP contribution in [-0.4, -0.2) is 16.0 Å². The average Bonchev–Trinajstić information content (AvgIpc) is 2.71. The normalized spacial score (nSPS) is 16.5. The molecule has 1 aliphatic carbocycles. The molecule has 0 spiro atoms.